The molecule has 0 saturated heterocycles. The molecule has 0 amide bonds. The van der Waals surface area contributed by atoms with Gasteiger partial charge in [0, 0.05) is 5.56 Å². The lowest BCUT2D eigenvalue weighted by molar-refractivity contribution is 0.321. The number of halogens is 2. The Labute approximate surface area is 74.3 Å². The summed E-state index contributed by atoms with van der Waals surface area (Å²) in [6.07, 6.45) is 1.00. The van der Waals surface area contributed by atoms with E-state index >= 15 is 0 Å². The van der Waals surface area contributed by atoms with Crippen molar-refractivity contribution >= 4 is 17.8 Å². The Hall–Kier alpha value is -1.09. The van der Waals surface area contributed by atoms with Crippen molar-refractivity contribution < 1.29 is 9.60 Å². The zero-order valence-electron chi connectivity index (χ0n) is 6.38. The average Bonchev–Trinajstić information content (AvgIpc) is 2.07. The van der Waals surface area contributed by atoms with Crippen molar-refractivity contribution in [2.45, 2.75) is 6.92 Å². The predicted molar refractivity (Wildman–Crippen MR) is 45.5 cm³/mol. The quantitative estimate of drug-likeness (QED) is 0.409. The van der Waals surface area contributed by atoms with E-state index in [2.05, 4.69) is 5.16 Å². The molecule has 1 N–H and O–H groups in total. The molecule has 0 aliphatic carbocycles. The fourth-order valence-corrected chi connectivity index (χ4v) is 0.995. The summed E-state index contributed by atoms with van der Waals surface area (Å²) in [4.78, 5) is 0. The summed E-state index contributed by atoms with van der Waals surface area (Å²) in [6, 6.07) is 3.15. The van der Waals surface area contributed by atoms with Crippen LogP contribution in [-0.4, -0.2) is 11.4 Å². The fraction of sp³-hybridized carbons (Fsp3) is 0.125. The van der Waals surface area contributed by atoms with E-state index in [-0.39, 0.29) is 10.6 Å². The molecule has 0 saturated carbocycles. The first-order chi connectivity index (χ1) is 5.66. The number of benzene rings is 1. The van der Waals surface area contributed by atoms with Crippen LogP contribution >= 0.6 is 11.6 Å². The summed E-state index contributed by atoms with van der Waals surface area (Å²) in [5.41, 5.74) is 0.831. The Morgan fingerprint density at radius 2 is 2.25 bits per heavy atom. The third-order valence-corrected chi connectivity index (χ3v) is 1.97. The highest BCUT2D eigenvalue weighted by Crippen LogP contribution is 2.21. The third-order valence-electron chi connectivity index (χ3n) is 1.50. The molecule has 1 aromatic carbocycles. The summed E-state index contributed by atoms with van der Waals surface area (Å²) >= 11 is 5.60. The van der Waals surface area contributed by atoms with Crippen LogP contribution in [0, 0.1) is 12.7 Å². The van der Waals surface area contributed by atoms with E-state index in [0.717, 1.165) is 6.21 Å². The normalized spacial score (nSPS) is 10.9. The lowest BCUT2D eigenvalue weighted by atomic mass is 10.1. The second kappa shape index (κ2) is 3.54. The summed E-state index contributed by atoms with van der Waals surface area (Å²) in [5, 5.41) is 10.9. The molecule has 0 aliphatic heterocycles. The maximum absolute atomic E-state index is 13.1. The van der Waals surface area contributed by atoms with E-state index in [0.29, 0.717) is 5.56 Å². The van der Waals surface area contributed by atoms with Crippen LogP contribution in [0.4, 0.5) is 4.39 Å². The van der Waals surface area contributed by atoms with Gasteiger partial charge in [-0.3, -0.25) is 0 Å². The Balaban J connectivity index is 3.26. The minimum atomic E-state index is -0.561. The van der Waals surface area contributed by atoms with Gasteiger partial charge in [-0.25, -0.2) is 4.39 Å². The van der Waals surface area contributed by atoms with Crippen LogP contribution in [-0.2, 0) is 0 Å². The van der Waals surface area contributed by atoms with E-state index in [1.54, 1.807) is 13.0 Å². The van der Waals surface area contributed by atoms with Gasteiger partial charge in [0.25, 0.3) is 0 Å². The van der Waals surface area contributed by atoms with Crippen molar-refractivity contribution in [2.75, 3.05) is 0 Å². The van der Waals surface area contributed by atoms with E-state index in [9.17, 15) is 4.39 Å². The van der Waals surface area contributed by atoms with Crippen molar-refractivity contribution in [3.63, 3.8) is 0 Å². The van der Waals surface area contributed by atoms with Gasteiger partial charge in [0.2, 0.25) is 0 Å². The first-order valence-corrected chi connectivity index (χ1v) is 3.66. The Kier molecular flexibility index (Phi) is 2.65. The van der Waals surface area contributed by atoms with Crippen molar-refractivity contribution in [1.29, 1.82) is 0 Å². The standard InChI is InChI=1S/C8H7ClFNO/c1-5-2-3-6(4-11-12)8(10)7(5)9/h2-4,12H,1H3/b11-4-. The molecular weight excluding hydrogens is 181 g/mol. The second-order valence-electron chi connectivity index (χ2n) is 2.34. The predicted octanol–water partition coefficient (Wildman–Crippen LogP) is 2.60. The number of rotatable bonds is 1. The number of hydrogen-bond acceptors (Lipinski definition) is 2. The van der Waals surface area contributed by atoms with E-state index in [4.69, 9.17) is 16.8 Å². The third kappa shape index (κ3) is 1.56. The zero-order chi connectivity index (χ0) is 9.14. The summed E-state index contributed by atoms with van der Waals surface area (Å²) in [7, 11) is 0. The molecule has 0 aromatic heterocycles. The molecule has 0 spiro atoms. The highest BCUT2D eigenvalue weighted by atomic mass is 35.5. The molecule has 0 aliphatic rings. The van der Waals surface area contributed by atoms with Crippen LogP contribution in [0.15, 0.2) is 17.3 Å². The Morgan fingerprint density at radius 1 is 1.58 bits per heavy atom. The molecule has 0 heterocycles. The maximum Gasteiger partial charge on any atom is 0.150 e. The van der Waals surface area contributed by atoms with Crippen LogP contribution in [0.2, 0.25) is 5.02 Å². The van der Waals surface area contributed by atoms with E-state index < -0.39 is 5.82 Å². The van der Waals surface area contributed by atoms with Crippen molar-refractivity contribution in [3.05, 3.63) is 34.1 Å². The highest BCUT2D eigenvalue weighted by molar-refractivity contribution is 6.31. The molecule has 0 radical (unpaired) electrons. The topological polar surface area (TPSA) is 32.6 Å². The van der Waals surface area contributed by atoms with E-state index in [1.807, 2.05) is 0 Å². The van der Waals surface area contributed by atoms with Gasteiger partial charge in [-0.2, -0.15) is 0 Å². The lowest BCUT2D eigenvalue weighted by Crippen LogP contribution is -1.91. The SMILES string of the molecule is Cc1ccc(/C=N\O)c(F)c1Cl. The van der Waals surface area contributed by atoms with Crippen LogP contribution in [0.5, 0.6) is 0 Å². The first kappa shape index (κ1) is 9.00. The molecule has 64 valence electrons. The van der Waals surface area contributed by atoms with E-state index in [1.165, 1.54) is 6.07 Å². The number of aryl methyl sites for hydroxylation is 1. The molecule has 1 rings (SSSR count). The smallest absolute Gasteiger partial charge is 0.150 e. The maximum atomic E-state index is 13.1. The number of oxime groups is 1. The van der Waals surface area contributed by atoms with Crippen molar-refractivity contribution in [1.82, 2.24) is 0 Å². The summed E-state index contributed by atoms with van der Waals surface area (Å²) in [6.45, 7) is 1.70. The minimum absolute atomic E-state index is 0.0624. The van der Waals surface area contributed by atoms with Gasteiger partial charge in [-0.15, -0.1) is 0 Å². The molecule has 12 heavy (non-hydrogen) atoms. The lowest BCUT2D eigenvalue weighted by Gasteiger charge is -2.00. The van der Waals surface area contributed by atoms with Gasteiger partial charge < -0.3 is 5.21 Å². The minimum Gasteiger partial charge on any atom is -0.411 e. The molecule has 0 fully saturated rings. The molecule has 4 heteroatoms. The van der Waals surface area contributed by atoms with Gasteiger partial charge in [0.05, 0.1) is 11.2 Å². The summed E-state index contributed by atoms with van der Waals surface area (Å²) in [5.74, 6) is -0.561. The molecule has 0 unspecified atom stereocenters. The van der Waals surface area contributed by atoms with Gasteiger partial charge in [-0.1, -0.05) is 22.8 Å². The number of nitrogens with zero attached hydrogens (tertiary/aromatic N) is 1. The zero-order valence-corrected chi connectivity index (χ0v) is 7.14. The fourth-order valence-electron chi connectivity index (χ4n) is 0.823. The van der Waals surface area contributed by atoms with Crippen LogP contribution in [0.3, 0.4) is 0 Å². The average molecular weight is 188 g/mol. The molecule has 0 atom stereocenters. The second-order valence-corrected chi connectivity index (χ2v) is 2.72. The molecular formula is C8H7ClFNO. The highest BCUT2D eigenvalue weighted by Gasteiger charge is 2.06. The van der Waals surface area contributed by atoms with Gasteiger partial charge in [-0.05, 0) is 18.6 Å². The van der Waals surface area contributed by atoms with Crippen molar-refractivity contribution in [2.24, 2.45) is 5.16 Å². The van der Waals surface area contributed by atoms with Gasteiger partial charge in [0.15, 0.2) is 5.82 Å². The molecule has 2 nitrogen and oxygen atoms in total. The van der Waals surface area contributed by atoms with Crippen LogP contribution in [0.25, 0.3) is 0 Å². The molecule has 1 aromatic rings. The van der Waals surface area contributed by atoms with Gasteiger partial charge in [0.1, 0.15) is 0 Å². The first-order valence-electron chi connectivity index (χ1n) is 3.29. The summed E-state index contributed by atoms with van der Waals surface area (Å²) < 4.78 is 13.1. The van der Waals surface area contributed by atoms with Crippen LogP contribution in [0.1, 0.15) is 11.1 Å². The van der Waals surface area contributed by atoms with Crippen LogP contribution < -0.4 is 0 Å². The number of hydrogen-bond donors (Lipinski definition) is 1. The van der Waals surface area contributed by atoms with Crippen molar-refractivity contribution in [3.8, 4) is 0 Å². The Bertz CT molecular complexity index is 325. The largest absolute Gasteiger partial charge is 0.411 e. The Morgan fingerprint density at radius 3 is 2.83 bits per heavy atom. The van der Waals surface area contributed by atoms with Gasteiger partial charge >= 0.3 is 0 Å². The molecule has 0 bridgehead atoms. The monoisotopic (exact) mass is 187 g/mol.